The largest absolute Gasteiger partial charge is 0.357 e. The van der Waals surface area contributed by atoms with E-state index in [1.165, 1.54) is 31.2 Å². The van der Waals surface area contributed by atoms with Gasteiger partial charge in [0.2, 0.25) is 0 Å². The van der Waals surface area contributed by atoms with Gasteiger partial charge in [0.05, 0.1) is 0 Å². The molecule has 1 heterocycles. The lowest BCUT2D eigenvalue weighted by Crippen LogP contribution is -2.39. The van der Waals surface area contributed by atoms with Crippen molar-refractivity contribution in [2.75, 3.05) is 26.2 Å². The molecule has 3 rings (SSSR count). The van der Waals surface area contributed by atoms with Gasteiger partial charge in [0, 0.05) is 30.7 Å². The van der Waals surface area contributed by atoms with E-state index >= 15 is 0 Å². The van der Waals surface area contributed by atoms with E-state index in [1.807, 2.05) is 12.1 Å². The minimum absolute atomic E-state index is 0.653. The van der Waals surface area contributed by atoms with Crippen LogP contribution in [0.4, 0.5) is 0 Å². The van der Waals surface area contributed by atoms with Crippen molar-refractivity contribution >= 4 is 17.6 Å². The highest BCUT2D eigenvalue weighted by Gasteiger charge is 2.23. The summed E-state index contributed by atoms with van der Waals surface area (Å²) < 4.78 is 0. The number of benzene rings is 1. The molecule has 0 radical (unpaired) electrons. The molecule has 5 heteroatoms. The summed E-state index contributed by atoms with van der Waals surface area (Å²) in [6.07, 6.45) is 5.00. The van der Waals surface area contributed by atoms with Crippen LogP contribution in [-0.4, -0.2) is 43.1 Å². The third-order valence-corrected chi connectivity index (χ3v) is 5.20. The lowest BCUT2D eigenvalue weighted by Gasteiger charge is -2.31. The first kappa shape index (κ1) is 17.6. The van der Waals surface area contributed by atoms with Gasteiger partial charge >= 0.3 is 0 Å². The zero-order chi connectivity index (χ0) is 16.8. The molecule has 24 heavy (non-hydrogen) atoms. The van der Waals surface area contributed by atoms with Crippen LogP contribution in [0, 0.1) is 5.92 Å². The predicted octanol–water partition coefficient (Wildman–Crippen LogP) is 3.27. The first-order valence-corrected chi connectivity index (χ1v) is 9.63. The molecule has 0 unspecified atom stereocenters. The van der Waals surface area contributed by atoms with Crippen LogP contribution < -0.4 is 10.6 Å². The Labute approximate surface area is 150 Å². The molecule has 0 bridgehead atoms. The SMILES string of the molecule is CCNC(=NCC1CCN(Cc2ccccc2Cl)CC1)NC1CC1. The quantitative estimate of drug-likeness (QED) is 0.612. The summed E-state index contributed by atoms with van der Waals surface area (Å²) in [6, 6.07) is 8.82. The highest BCUT2D eigenvalue weighted by Crippen LogP contribution is 2.22. The van der Waals surface area contributed by atoms with E-state index in [4.69, 9.17) is 16.6 Å². The molecule has 1 aromatic carbocycles. The summed E-state index contributed by atoms with van der Waals surface area (Å²) in [6.45, 7) is 7.21. The predicted molar refractivity (Wildman–Crippen MR) is 102 cm³/mol. The van der Waals surface area contributed by atoms with Crippen molar-refractivity contribution in [1.82, 2.24) is 15.5 Å². The van der Waals surface area contributed by atoms with Crippen molar-refractivity contribution in [3.05, 3.63) is 34.9 Å². The third-order valence-electron chi connectivity index (χ3n) is 4.83. The zero-order valence-corrected chi connectivity index (χ0v) is 15.4. The van der Waals surface area contributed by atoms with E-state index in [0.717, 1.165) is 43.7 Å². The molecule has 1 aliphatic heterocycles. The van der Waals surface area contributed by atoms with E-state index in [-0.39, 0.29) is 0 Å². The van der Waals surface area contributed by atoms with Gasteiger partial charge in [0.1, 0.15) is 0 Å². The van der Waals surface area contributed by atoms with Gasteiger partial charge in [-0.15, -0.1) is 0 Å². The van der Waals surface area contributed by atoms with Gasteiger partial charge < -0.3 is 10.6 Å². The van der Waals surface area contributed by atoms with E-state index in [2.05, 4.69) is 34.6 Å². The van der Waals surface area contributed by atoms with Crippen LogP contribution in [0.15, 0.2) is 29.3 Å². The second kappa shape index (κ2) is 8.72. The third kappa shape index (κ3) is 5.38. The average Bonchev–Trinajstić information content (AvgIpc) is 3.40. The van der Waals surface area contributed by atoms with Crippen LogP contribution in [0.5, 0.6) is 0 Å². The Balaban J connectivity index is 1.43. The van der Waals surface area contributed by atoms with Crippen LogP contribution in [0.3, 0.4) is 0 Å². The monoisotopic (exact) mass is 348 g/mol. The fourth-order valence-corrected chi connectivity index (χ4v) is 3.35. The maximum absolute atomic E-state index is 6.27. The van der Waals surface area contributed by atoms with E-state index in [9.17, 15) is 0 Å². The molecular weight excluding hydrogens is 320 g/mol. The number of hydrogen-bond acceptors (Lipinski definition) is 2. The summed E-state index contributed by atoms with van der Waals surface area (Å²) in [7, 11) is 0. The van der Waals surface area contributed by atoms with Gasteiger partial charge in [-0.25, -0.2) is 0 Å². The Kier molecular flexibility index (Phi) is 6.38. The second-order valence-electron chi connectivity index (χ2n) is 6.95. The molecular formula is C19H29ClN4. The minimum atomic E-state index is 0.653. The topological polar surface area (TPSA) is 39.7 Å². The Morgan fingerprint density at radius 2 is 1.96 bits per heavy atom. The molecule has 2 fully saturated rings. The smallest absolute Gasteiger partial charge is 0.191 e. The molecule has 132 valence electrons. The van der Waals surface area contributed by atoms with E-state index in [1.54, 1.807) is 0 Å². The number of nitrogens with zero attached hydrogens (tertiary/aromatic N) is 2. The van der Waals surface area contributed by atoms with Crippen molar-refractivity contribution in [3.8, 4) is 0 Å². The number of piperidine rings is 1. The molecule has 0 atom stereocenters. The molecule has 4 nitrogen and oxygen atoms in total. The molecule has 1 saturated heterocycles. The first-order valence-electron chi connectivity index (χ1n) is 9.25. The Morgan fingerprint density at radius 1 is 1.21 bits per heavy atom. The average molecular weight is 349 g/mol. The summed E-state index contributed by atoms with van der Waals surface area (Å²) in [5.41, 5.74) is 1.23. The Morgan fingerprint density at radius 3 is 2.62 bits per heavy atom. The van der Waals surface area contributed by atoms with Crippen LogP contribution in [-0.2, 0) is 6.54 Å². The summed E-state index contributed by atoms with van der Waals surface area (Å²) in [5, 5.41) is 7.73. The number of guanidine groups is 1. The number of aliphatic imine (C=N–C) groups is 1. The van der Waals surface area contributed by atoms with Gasteiger partial charge in [-0.1, -0.05) is 29.8 Å². The highest BCUT2D eigenvalue weighted by atomic mass is 35.5. The van der Waals surface area contributed by atoms with Gasteiger partial charge in [-0.3, -0.25) is 9.89 Å². The van der Waals surface area contributed by atoms with Gasteiger partial charge in [0.25, 0.3) is 0 Å². The van der Waals surface area contributed by atoms with Gasteiger partial charge in [0.15, 0.2) is 5.96 Å². The van der Waals surface area contributed by atoms with Crippen molar-refractivity contribution in [2.24, 2.45) is 10.9 Å². The van der Waals surface area contributed by atoms with Crippen molar-refractivity contribution in [3.63, 3.8) is 0 Å². The Hall–Kier alpha value is -1.26. The molecule has 0 amide bonds. The zero-order valence-electron chi connectivity index (χ0n) is 14.6. The minimum Gasteiger partial charge on any atom is -0.357 e. The fourth-order valence-electron chi connectivity index (χ4n) is 3.16. The highest BCUT2D eigenvalue weighted by molar-refractivity contribution is 6.31. The molecule has 0 aromatic heterocycles. The maximum Gasteiger partial charge on any atom is 0.191 e. The van der Waals surface area contributed by atoms with E-state index < -0.39 is 0 Å². The van der Waals surface area contributed by atoms with Gasteiger partial charge in [-0.2, -0.15) is 0 Å². The van der Waals surface area contributed by atoms with Crippen molar-refractivity contribution in [1.29, 1.82) is 0 Å². The number of hydrogen-bond donors (Lipinski definition) is 2. The molecule has 1 saturated carbocycles. The number of nitrogens with one attached hydrogen (secondary N) is 2. The molecule has 1 aromatic rings. The molecule has 0 spiro atoms. The Bertz CT molecular complexity index is 548. The van der Waals surface area contributed by atoms with Gasteiger partial charge in [-0.05, 0) is 63.2 Å². The number of rotatable bonds is 6. The van der Waals surface area contributed by atoms with E-state index in [0.29, 0.717) is 12.0 Å². The second-order valence-corrected chi connectivity index (χ2v) is 7.36. The van der Waals surface area contributed by atoms with Crippen molar-refractivity contribution < 1.29 is 0 Å². The molecule has 2 aliphatic rings. The standard InChI is InChI=1S/C19H29ClN4/c1-2-21-19(23-17-7-8-17)22-13-15-9-11-24(12-10-15)14-16-5-3-4-6-18(16)20/h3-6,15,17H,2,7-14H2,1H3,(H2,21,22,23). The van der Waals surface area contributed by atoms with Crippen molar-refractivity contribution in [2.45, 2.75) is 45.2 Å². The maximum atomic E-state index is 6.27. The molecule has 2 N–H and O–H groups in total. The van der Waals surface area contributed by atoms with Crippen LogP contribution in [0.1, 0.15) is 38.2 Å². The fraction of sp³-hybridized carbons (Fsp3) is 0.632. The van der Waals surface area contributed by atoms with Crippen LogP contribution >= 0.6 is 11.6 Å². The summed E-state index contributed by atoms with van der Waals surface area (Å²) >= 11 is 6.27. The number of halogens is 1. The van der Waals surface area contributed by atoms with Crippen LogP contribution in [0.25, 0.3) is 0 Å². The van der Waals surface area contributed by atoms with Crippen LogP contribution in [0.2, 0.25) is 5.02 Å². The lowest BCUT2D eigenvalue weighted by atomic mass is 9.96. The summed E-state index contributed by atoms with van der Waals surface area (Å²) in [5.74, 6) is 1.70. The lowest BCUT2D eigenvalue weighted by molar-refractivity contribution is 0.180. The normalized spacial score (nSPS) is 20.2. The number of likely N-dealkylation sites (tertiary alicyclic amines) is 1. The first-order chi connectivity index (χ1) is 11.7. The molecule has 1 aliphatic carbocycles. The summed E-state index contributed by atoms with van der Waals surface area (Å²) in [4.78, 5) is 7.30.